The number of aromatic nitrogens is 1. The fourth-order valence-electron chi connectivity index (χ4n) is 8.76. The van der Waals surface area contributed by atoms with Crippen molar-refractivity contribution in [2.75, 3.05) is 4.90 Å². The molecule has 1 heterocycles. The summed E-state index contributed by atoms with van der Waals surface area (Å²) >= 11 is 0. The van der Waals surface area contributed by atoms with Gasteiger partial charge in [-0.05, 0) is 104 Å². The Morgan fingerprint density at radius 3 is 1.41 bits per heavy atom. The number of nitrogens with zero attached hydrogens (tertiary/aromatic N) is 2. The zero-order valence-corrected chi connectivity index (χ0v) is 31.8. The van der Waals surface area contributed by atoms with Crippen molar-refractivity contribution in [1.82, 2.24) is 4.57 Å². The van der Waals surface area contributed by atoms with E-state index in [4.69, 9.17) is 0 Å². The smallest absolute Gasteiger partial charge is 0.0562 e. The molecule has 0 aliphatic carbocycles. The SMILES string of the molecule is c1ccc(-c2ccc(N(c3ccc(-c4ccccc4)cc3)c3ccc4c5ccccc5n(-c5cc6ccccc6cc5-c5cccc6ccccc56)c4c3)cc2)cc1. The van der Waals surface area contributed by atoms with Crippen LogP contribution in [0.2, 0.25) is 0 Å². The Morgan fingerprint density at radius 2 is 0.759 bits per heavy atom. The fourth-order valence-corrected chi connectivity index (χ4v) is 8.76. The van der Waals surface area contributed by atoms with Crippen molar-refractivity contribution in [2.45, 2.75) is 0 Å². The van der Waals surface area contributed by atoms with E-state index in [0.717, 1.165) is 28.3 Å². The number of hydrogen-bond acceptors (Lipinski definition) is 1. The van der Waals surface area contributed by atoms with Crippen LogP contribution in [0, 0.1) is 0 Å². The van der Waals surface area contributed by atoms with Gasteiger partial charge in [0.15, 0.2) is 0 Å². The van der Waals surface area contributed by atoms with Gasteiger partial charge in [0, 0.05) is 33.4 Å². The summed E-state index contributed by atoms with van der Waals surface area (Å²) in [6.45, 7) is 0. The molecule has 0 bridgehead atoms. The van der Waals surface area contributed by atoms with Gasteiger partial charge in [-0.25, -0.2) is 0 Å². The molecule has 11 rings (SSSR count). The number of rotatable bonds is 7. The van der Waals surface area contributed by atoms with Crippen molar-refractivity contribution in [2.24, 2.45) is 0 Å². The lowest BCUT2D eigenvalue weighted by Crippen LogP contribution is -2.10. The van der Waals surface area contributed by atoms with E-state index in [9.17, 15) is 0 Å². The molecule has 0 unspecified atom stereocenters. The lowest BCUT2D eigenvalue weighted by atomic mass is 9.94. The van der Waals surface area contributed by atoms with E-state index in [-0.39, 0.29) is 0 Å². The maximum atomic E-state index is 2.49. The Balaban J connectivity index is 1.15. The third kappa shape index (κ3) is 5.82. The van der Waals surface area contributed by atoms with Crippen molar-refractivity contribution >= 4 is 60.4 Å². The molecule has 0 aliphatic rings. The molecule has 272 valence electrons. The van der Waals surface area contributed by atoms with Crippen LogP contribution in [0.5, 0.6) is 0 Å². The summed E-state index contributed by atoms with van der Waals surface area (Å²) in [6.07, 6.45) is 0. The van der Waals surface area contributed by atoms with Crippen molar-refractivity contribution in [3.05, 3.63) is 231 Å². The van der Waals surface area contributed by atoms with E-state index >= 15 is 0 Å². The maximum absolute atomic E-state index is 2.49. The lowest BCUT2D eigenvalue weighted by Gasteiger charge is -2.26. The van der Waals surface area contributed by atoms with Gasteiger partial charge in [0.1, 0.15) is 0 Å². The van der Waals surface area contributed by atoms with Gasteiger partial charge in [-0.2, -0.15) is 0 Å². The predicted octanol–water partition coefficient (Wildman–Crippen LogP) is 15.6. The van der Waals surface area contributed by atoms with E-state index in [0.29, 0.717) is 0 Å². The number of fused-ring (bicyclic) bond motifs is 5. The molecule has 0 aliphatic heterocycles. The molecule has 2 nitrogen and oxygen atoms in total. The molecule has 0 fully saturated rings. The van der Waals surface area contributed by atoms with Gasteiger partial charge in [-0.15, -0.1) is 0 Å². The molecule has 1 aromatic heterocycles. The summed E-state index contributed by atoms with van der Waals surface area (Å²) < 4.78 is 2.49. The number of hydrogen-bond donors (Lipinski definition) is 0. The molecule has 0 radical (unpaired) electrons. The molecule has 0 atom stereocenters. The average molecular weight is 739 g/mol. The van der Waals surface area contributed by atoms with Crippen molar-refractivity contribution in [1.29, 1.82) is 0 Å². The van der Waals surface area contributed by atoms with Crippen LogP contribution in [0.25, 0.3) is 82.4 Å². The Labute approximate surface area is 338 Å². The van der Waals surface area contributed by atoms with Gasteiger partial charge in [-0.3, -0.25) is 0 Å². The fraction of sp³-hybridized carbons (Fsp3) is 0. The Bertz CT molecular complexity index is 3160. The third-order valence-corrected chi connectivity index (χ3v) is 11.6. The van der Waals surface area contributed by atoms with E-state index in [1.807, 2.05) is 0 Å². The average Bonchev–Trinajstić information content (AvgIpc) is 3.63. The first kappa shape index (κ1) is 33.6. The zero-order valence-electron chi connectivity index (χ0n) is 31.8. The van der Waals surface area contributed by atoms with Gasteiger partial charge in [-0.1, -0.05) is 176 Å². The second kappa shape index (κ2) is 14.1. The summed E-state index contributed by atoms with van der Waals surface area (Å²) in [6, 6.07) is 83.8. The van der Waals surface area contributed by atoms with Crippen LogP contribution < -0.4 is 4.90 Å². The molecule has 0 N–H and O–H groups in total. The highest BCUT2D eigenvalue weighted by Gasteiger charge is 2.21. The van der Waals surface area contributed by atoms with Crippen LogP contribution in [-0.4, -0.2) is 4.57 Å². The van der Waals surface area contributed by atoms with E-state index in [1.54, 1.807) is 0 Å². The molecule has 10 aromatic carbocycles. The molecule has 58 heavy (non-hydrogen) atoms. The molecule has 2 heteroatoms. The summed E-state index contributed by atoms with van der Waals surface area (Å²) in [5.41, 5.74) is 14.0. The Kier molecular flexibility index (Phi) is 8.19. The van der Waals surface area contributed by atoms with Gasteiger partial charge in [0.05, 0.1) is 16.7 Å². The van der Waals surface area contributed by atoms with Crippen LogP contribution in [0.15, 0.2) is 231 Å². The molecule has 0 spiro atoms. The summed E-state index contributed by atoms with van der Waals surface area (Å²) in [7, 11) is 0. The monoisotopic (exact) mass is 738 g/mol. The minimum atomic E-state index is 1.09. The van der Waals surface area contributed by atoms with Crippen molar-refractivity contribution in [3.8, 4) is 39.1 Å². The van der Waals surface area contributed by atoms with Crippen LogP contribution in [-0.2, 0) is 0 Å². The van der Waals surface area contributed by atoms with E-state index in [1.165, 1.54) is 71.2 Å². The number of para-hydroxylation sites is 1. The van der Waals surface area contributed by atoms with Crippen LogP contribution in [0.4, 0.5) is 17.1 Å². The standard InChI is InChI=1S/C56H38N2/c1-3-14-39(15-4-1)41-26-30-46(31-27-41)57(47-32-28-42(29-33-47)40-16-5-2-6-17-40)48-34-35-52-51-23-11-12-25-54(51)58(56(52)38-48)55-37-45-20-8-7-19-44(45)36-53(55)50-24-13-21-43-18-9-10-22-49(43)50/h1-38H. The van der Waals surface area contributed by atoms with Crippen molar-refractivity contribution < 1.29 is 0 Å². The third-order valence-electron chi connectivity index (χ3n) is 11.6. The van der Waals surface area contributed by atoms with Gasteiger partial charge >= 0.3 is 0 Å². The maximum Gasteiger partial charge on any atom is 0.0562 e. The topological polar surface area (TPSA) is 8.17 Å². The molecule has 11 aromatic rings. The predicted molar refractivity (Wildman–Crippen MR) is 247 cm³/mol. The van der Waals surface area contributed by atoms with Crippen LogP contribution >= 0.6 is 0 Å². The zero-order chi connectivity index (χ0) is 38.4. The quantitative estimate of drug-likeness (QED) is 0.158. The summed E-state index contributed by atoms with van der Waals surface area (Å²) in [4.78, 5) is 2.39. The lowest BCUT2D eigenvalue weighted by molar-refractivity contribution is 1.18. The second-order valence-electron chi connectivity index (χ2n) is 15.0. The Morgan fingerprint density at radius 1 is 0.276 bits per heavy atom. The molecule has 0 amide bonds. The number of benzene rings is 10. The molecule has 0 saturated carbocycles. The van der Waals surface area contributed by atoms with E-state index < -0.39 is 0 Å². The minimum Gasteiger partial charge on any atom is -0.310 e. The van der Waals surface area contributed by atoms with Crippen LogP contribution in [0.3, 0.4) is 0 Å². The highest BCUT2D eigenvalue weighted by atomic mass is 15.1. The highest BCUT2D eigenvalue weighted by Crippen LogP contribution is 2.43. The highest BCUT2D eigenvalue weighted by molar-refractivity contribution is 6.12. The van der Waals surface area contributed by atoms with E-state index in [2.05, 4.69) is 240 Å². The second-order valence-corrected chi connectivity index (χ2v) is 15.0. The largest absolute Gasteiger partial charge is 0.310 e. The van der Waals surface area contributed by atoms with Crippen LogP contribution in [0.1, 0.15) is 0 Å². The summed E-state index contributed by atoms with van der Waals surface area (Å²) in [5, 5.41) is 7.35. The van der Waals surface area contributed by atoms with Gasteiger partial charge in [0.25, 0.3) is 0 Å². The summed E-state index contributed by atoms with van der Waals surface area (Å²) in [5.74, 6) is 0. The van der Waals surface area contributed by atoms with Crippen molar-refractivity contribution in [3.63, 3.8) is 0 Å². The first-order chi connectivity index (χ1) is 28.8. The molecular formula is C56H38N2. The van der Waals surface area contributed by atoms with Gasteiger partial charge < -0.3 is 9.47 Å². The normalized spacial score (nSPS) is 11.4. The molecule has 0 saturated heterocycles. The number of anilines is 3. The minimum absolute atomic E-state index is 1.09. The first-order valence-electron chi connectivity index (χ1n) is 19.9. The Hall–Kier alpha value is -7.68. The molecular weight excluding hydrogens is 701 g/mol. The van der Waals surface area contributed by atoms with Gasteiger partial charge in [0.2, 0.25) is 0 Å². The first-order valence-corrected chi connectivity index (χ1v) is 19.9.